The molecule has 0 radical (unpaired) electrons. The zero-order valence-electron chi connectivity index (χ0n) is 12.0. The number of carbonyl (C=O) groups is 2. The second kappa shape index (κ2) is 7.08. The minimum Gasteiger partial charge on any atom is -0.508 e. The van der Waals surface area contributed by atoms with E-state index < -0.39 is 0 Å². The van der Waals surface area contributed by atoms with Crippen molar-refractivity contribution < 1.29 is 14.7 Å². The summed E-state index contributed by atoms with van der Waals surface area (Å²) in [5.41, 5.74) is 7.02. The number of aryl methyl sites for hydroxylation is 1. The van der Waals surface area contributed by atoms with Gasteiger partial charge in [0.2, 0.25) is 0 Å². The zero-order valence-corrected chi connectivity index (χ0v) is 12.0. The van der Waals surface area contributed by atoms with Gasteiger partial charge in [-0.15, -0.1) is 0 Å². The number of hydrogen-bond donors (Lipinski definition) is 3. The van der Waals surface area contributed by atoms with Crippen molar-refractivity contribution in [3.8, 4) is 5.75 Å². The average molecular weight is 296 g/mol. The number of allylic oxidation sites excluding steroid dienone is 1. The highest BCUT2D eigenvalue weighted by Crippen LogP contribution is 2.09. The molecule has 0 aliphatic rings. The molecule has 2 aromatic carbocycles. The van der Waals surface area contributed by atoms with Gasteiger partial charge < -0.3 is 10.5 Å². The Labute approximate surface area is 128 Å². The molecule has 1 amide bonds. The maximum atomic E-state index is 11.8. The summed E-state index contributed by atoms with van der Waals surface area (Å²) < 4.78 is 0. The first-order valence-electron chi connectivity index (χ1n) is 6.69. The summed E-state index contributed by atoms with van der Waals surface area (Å²) in [6, 6.07) is 13.1. The summed E-state index contributed by atoms with van der Waals surface area (Å²) in [7, 11) is 0. The van der Waals surface area contributed by atoms with Gasteiger partial charge in [0.25, 0.3) is 5.91 Å². The van der Waals surface area contributed by atoms with Crippen molar-refractivity contribution in [3.63, 3.8) is 0 Å². The van der Waals surface area contributed by atoms with Gasteiger partial charge in [0.15, 0.2) is 5.78 Å². The van der Waals surface area contributed by atoms with Crippen molar-refractivity contribution in [1.29, 1.82) is 0 Å². The summed E-state index contributed by atoms with van der Waals surface area (Å²) in [6.45, 7) is 1.95. The van der Waals surface area contributed by atoms with Crippen LogP contribution in [0.25, 0.3) is 0 Å². The second-order valence-electron chi connectivity index (χ2n) is 4.71. The van der Waals surface area contributed by atoms with Gasteiger partial charge in [-0.05, 0) is 31.2 Å². The van der Waals surface area contributed by atoms with Crippen LogP contribution in [0.2, 0.25) is 0 Å². The fraction of sp³-hybridized carbons (Fsp3) is 0.0588. The van der Waals surface area contributed by atoms with Crippen molar-refractivity contribution in [2.45, 2.75) is 6.92 Å². The smallest absolute Gasteiger partial charge is 0.269 e. The van der Waals surface area contributed by atoms with E-state index >= 15 is 0 Å². The Kier molecular flexibility index (Phi) is 4.93. The monoisotopic (exact) mass is 296 g/mol. The third-order valence-electron chi connectivity index (χ3n) is 2.97. The van der Waals surface area contributed by atoms with Crippen LogP contribution in [0.15, 0.2) is 60.8 Å². The number of benzene rings is 2. The standard InChI is InChI=1S/C17H16N2O3/c1-12-2-4-13(5-3-12)16(21)10-11-18-19-17(22)14-6-8-15(20)9-7-14/h2-11,18,20H,1H3,(H,19,22)/b11-10-. The van der Waals surface area contributed by atoms with E-state index in [-0.39, 0.29) is 17.4 Å². The van der Waals surface area contributed by atoms with Crippen LogP contribution in [0.4, 0.5) is 0 Å². The number of amides is 1. The molecule has 2 rings (SSSR count). The predicted molar refractivity (Wildman–Crippen MR) is 83.4 cm³/mol. The number of hydrazine groups is 1. The average Bonchev–Trinajstić information content (AvgIpc) is 2.52. The quantitative estimate of drug-likeness (QED) is 0.449. The van der Waals surface area contributed by atoms with E-state index in [4.69, 9.17) is 5.11 Å². The van der Waals surface area contributed by atoms with Crippen molar-refractivity contribution in [3.05, 3.63) is 77.5 Å². The van der Waals surface area contributed by atoms with Crippen LogP contribution >= 0.6 is 0 Å². The number of aromatic hydroxyl groups is 1. The molecular formula is C17H16N2O3. The lowest BCUT2D eigenvalue weighted by Crippen LogP contribution is -2.33. The van der Waals surface area contributed by atoms with Gasteiger partial charge >= 0.3 is 0 Å². The minimum atomic E-state index is -0.368. The lowest BCUT2D eigenvalue weighted by molar-refractivity contribution is 0.0939. The SMILES string of the molecule is Cc1ccc(C(=O)/C=C\NNC(=O)c2ccc(O)cc2)cc1. The number of hydrogen-bond acceptors (Lipinski definition) is 4. The van der Waals surface area contributed by atoms with Crippen molar-refractivity contribution in [2.75, 3.05) is 0 Å². The largest absolute Gasteiger partial charge is 0.508 e. The molecule has 5 nitrogen and oxygen atoms in total. The molecule has 3 N–H and O–H groups in total. The van der Waals surface area contributed by atoms with Crippen molar-refractivity contribution >= 4 is 11.7 Å². The van der Waals surface area contributed by atoms with Gasteiger partial charge in [0.1, 0.15) is 5.75 Å². The molecular weight excluding hydrogens is 280 g/mol. The van der Waals surface area contributed by atoms with Crippen LogP contribution in [0.1, 0.15) is 26.3 Å². The van der Waals surface area contributed by atoms with Gasteiger partial charge in [-0.3, -0.25) is 15.0 Å². The first-order valence-corrected chi connectivity index (χ1v) is 6.69. The molecule has 22 heavy (non-hydrogen) atoms. The molecule has 0 unspecified atom stereocenters. The summed E-state index contributed by atoms with van der Waals surface area (Å²) in [6.07, 6.45) is 2.70. The van der Waals surface area contributed by atoms with Crippen LogP contribution < -0.4 is 10.9 Å². The summed E-state index contributed by atoms with van der Waals surface area (Å²) >= 11 is 0. The third-order valence-corrected chi connectivity index (χ3v) is 2.97. The Bertz CT molecular complexity index is 689. The molecule has 0 aromatic heterocycles. The normalized spacial score (nSPS) is 10.4. The minimum absolute atomic E-state index is 0.0908. The predicted octanol–water partition coefficient (Wildman–Crippen LogP) is 2.33. The fourth-order valence-corrected chi connectivity index (χ4v) is 1.72. The van der Waals surface area contributed by atoms with Crippen LogP contribution in [0.5, 0.6) is 5.75 Å². The summed E-state index contributed by atoms with van der Waals surface area (Å²) in [5, 5.41) is 9.14. The van der Waals surface area contributed by atoms with Gasteiger partial charge in [-0.1, -0.05) is 29.8 Å². The summed E-state index contributed by atoms with van der Waals surface area (Å²) in [5.74, 6) is -0.438. The van der Waals surface area contributed by atoms with E-state index in [0.29, 0.717) is 11.1 Å². The molecule has 0 aliphatic heterocycles. The summed E-state index contributed by atoms with van der Waals surface area (Å²) in [4.78, 5) is 23.6. The number of carbonyl (C=O) groups excluding carboxylic acids is 2. The molecule has 0 bridgehead atoms. The van der Waals surface area contributed by atoms with E-state index in [9.17, 15) is 9.59 Å². The molecule has 0 fully saturated rings. The maximum Gasteiger partial charge on any atom is 0.269 e. The molecule has 0 saturated carbocycles. The Hall–Kier alpha value is -3.08. The lowest BCUT2D eigenvalue weighted by Gasteiger charge is -2.04. The van der Waals surface area contributed by atoms with Crippen LogP contribution in [0, 0.1) is 6.92 Å². The van der Waals surface area contributed by atoms with E-state index in [1.165, 1.54) is 36.5 Å². The molecule has 0 heterocycles. The third kappa shape index (κ3) is 4.21. The van der Waals surface area contributed by atoms with E-state index in [1.54, 1.807) is 12.1 Å². The van der Waals surface area contributed by atoms with Crippen LogP contribution in [0.3, 0.4) is 0 Å². The topological polar surface area (TPSA) is 78.4 Å². The van der Waals surface area contributed by atoms with E-state index in [1.807, 2.05) is 19.1 Å². The van der Waals surface area contributed by atoms with E-state index in [0.717, 1.165) is 5.56 Å². The van der Waals surface area contributed by atoms with Crippen molar-refractivity contribution in [2.24, 2.45) is 0 Å². The number of rotatable bonds is 5. The van der Waals surface area contributed by atoms with Gasteiger partial charge in [0, 0.05) is 23.4 Å². The molecule has 0 saturated heterocycles. The maximum absolute atomic E-state index is 11.8. The molecule has 0 aliphatic carbocycles. The lowest BCUT2D eigenvalue weighted by atomic mass is 10.1. The molecule has 5 heteroatoms. The first kappa shape index (κ1) is 15.3. The van der Waals surface area contributed by atoms with E-state index in [2.05, 4.69) is 10.9 Å². The number of nitrogens with one attached hydrogen (secondary N) is 2. The van der Waals surface area contributed by atoms with Gasteiger partial charge in [-0.25, -0.2) is 0 Å². The number of ketones is 1. The molecule has 2 aromatic rings. The highest BCUT2D eigenvalue weighted by molar-refractivity contribution is 6.04. The Morgan fingerprint density at radius 2 is 1.55 bits per heavy atom. The highest BCUT2D eigenvalue weighted by atomic mass is 16.3. The van der Waals surface area contributed by atoms with Crippen LogP contribution in [-0.4, -0.2) is 16.8 Å². The highest BCUT2D eigenvalue weighted by Gasteiger charge is 2.03. The van der Waals surface area contributed by atoms with Crippen molar-refractivity contribution in [1.82, 2.24) is 10.9 Å². The number of phenolic OH excluding ortho intramolecular Hbond substituents is 1. The van der Waals surface area contributed by atoms with Gasteiger partial charge in [-0.2, -0.15) is 0 Å². The Balaban J connectivity index is 1.85. The molecule has 0 atom stereocenters. The number of phenols is 1. The van der Waals surface area contributed by atoms with Gasteiger partial charge in [0.05, 0.1) is 0 Å². The zero-order chi connectivity index (χ0) is 15.9. The first-order chi connectivity index (χ1) is 10.6. The molecule has 0 spiro atoms. The Morgan fingerprint density at radius 3 is 2.18 bits per heavy atom. The molecule has 112 valence electrons. The van der Waals surface area contributed by atoms with Crippen LogP contribution in [-0.2, 0) is 0 Å². The fourth-order valence-electron chi connectivity index (χ4n) is 1.72. The second-order valence-corrected chi connectivity index (χ2v) is 4.71. The Morgan fingerprint density at radius 1 is 0.955 bits per heavy atom.